The molecule has 0 unspecified atom stereocenters. The van der Waals surface area contributed by atoms with Crippen LogP contribution in [0.3, 0.4) is 0 Å². The number of carbonyl (C=O) groups excluding carboxylic acids is 1. The van der Waals surface area contributed by atoms with Crippen LogP contribution in [0.2, 0.25) is 0 Å². The summed E-state index contributed by atoms with van der Waals surface area (Å²) in [5.41, 5.74) is -0.109. The fourth-order valence-electron chi connectivity index (χ4n) is 2.84. The van der Waals surface area contributed by atoms with E-state index in [2.05, 4.69) is 10.1 Å². The van der Waals surface area contributed by atoms with Crippen LogP contribution in [0.1, 0.15) is 18.4 Å². The van der Waals surface area contributed by atoms with Crippen molar-refractivity contribution in [1.82, 2.24) is 0 Å². The third kappa shape index (κ3) is 2.02. The smallest absolute Gasteiger partial charge is 0.404 e. The van der Waals surface area contributed by atoms with Gasteiger partial charge in [0.25, 0.3) is 0 Å². The molecule has 1 saturated heterocycles. The van der Waals surface area contributed by atoms with E-state index in [9.17, 15) is 18.0 Å². The molecule has 1 amide bonds. The molecular weight excluding hydrogens is 275 g/mol. The Morgan fingerprint density at radius 3 is 2.60 bits per heavy atom. The second kappa shape index (κ2) is 4.37. The maximum absolute atomic E-state index is 12.4. The number of hydrogen-bond acceptors (Lipinski definition) is 3. The number of halogens is 3. The molecule has 1 N–H and O–H groups in total. The van der Waals surface area contributed by atoms with Gasteiger partial charge in [-0.15, -0.1) is 13.2 Å². The minimum Gasteiger partial charge on any atom is -0.404 e. The Bertz CT molecular complexity index is 550. The van der Waals surface area contributed by atoms with Gasteiger partial charge >= 0.3 is 6.36 Å². The van der Waals surface area contributed by atoms with Gasteiger partial charge in [0.15, 0.2) is 5.75 Å². The Labute approximate surface area is 112 Å². The van der Waals surface area contributed by atoms with Gasteiger partial charge in [0.05, 0.1) is 11.1 Å². The number of ether oxygens (including phenoxy) is 2. The molecule has 1 spiro atoms. The number of nitrogens with one attached hydrogen (secondary N) is 1. The molecule has 7 heteroatoms. The predicted octanol–water partition coefficient (Wildman–Crippen LogP) is 2.59. The molecule has 2 aliphatic heterocycles. The van der Waals surface area contributed by atoms with Gasteiger partial charge < -0.3 is 14.8 Å². The summed E-state index contributed by atoms with van der Waals surface area (Å²) in [7, 11) is 0. The molecular formula is C13H12F3NO3. The van der Waals surface area contributed by atoms with Gasteiger partial charge in [0, 0.05) is 13.2 Å². The molecule has 0 atom stereocenters. The Kier molecular flexibility index (Phi) is 2.89. The lowest BCUT2D eigenvalue weighted by molar-refractivity contribution is -0.274. The van der Waals surface area contributed by atoms with Crippen LogP contribution in [0.5, 0.6) is 5.75 Å². The van der Waals surface area contributed by atoms with Crippen molar-refractivity contribution in [3.63, 3.8) is 0 Å². The van der Waals surface area contributed by atoms with Gasteiger partial charge in [-0.05, 0) is 24.5 Å². The van der Waals surface area contributed by atoms with Gasteiger partial charge in [-0.25, -0.2) is 0 Å². The maximum atomic E-state index is 12.4. The first-order chi connectivity index (χ1) is 9.42. The lowest BCUT2D eigenvalue weighted by Crippen LogP contribution is -2.39. The van der Waals surface area contributed by atoms with E-state index in [1.165, 1.54) is 12.1 Å². The first kappa shape index (κ1) is 13.2. The highest BCUT2D eigenvalue weighted by Crippen LogP contribution is 2.48. The Morgan fingerprint density at radius 2 is 1.95 bits per heavy atom. The predicted molar refractivity (Wildman–Crippen MR) is 63.5 cm³/mol. The molecule has 4 nitrogen and oxygen atoms in total. The molecule has 108 valence electrons. The highest BCUT2D eigenvalue weighted by molar-refractivity contribution is 6.07. The normalized spacial score (nSPS) is 20.6. The van der Waals surface area contributed by atoms with Gasteiger partial charge in [0.1, 0.15) is 0 Å². The van der Waals surface area contributed by atoms with Crippen molar-refractivity contribution < 1.29 is 27.4 Å². The number of rotatable bonds is 1. The molecule has 0 aliphatic carbocycles. The van der Waals surface area contributed by atoms with E-state index in [1.807, 2.05) is 0 Å². The summed E-state index contributed by atoms with van der Waals surface area (Å²) in [4.78, 5) is 12.2. The first-order valence-corrected chi connectivity index (χ1v) is 6.21. The van der Waals surface area contributed by atoms with Crippen LogP contribution in [0.25, 0.3) is 0 Å². The standard InChI is InChI=1S/C13H12F3NO3/c14-13(15,16)20-9-3-1-2-8-10(9)17-11(18)12(8)4-6-19-7-5-12/h1-3H,4-7H2,(H,17,18). The summed E-state index contributed by atoms with van der Waals surface area (Å²) >= 11 is 0. The summed E-state index contributed by atoms with van der Waals surface area (Å²) in [5, 5.41) is 2.53. The van der Waals surface area contributed by atoms with E-state index in [4.69, 9.17) is 4.74 Å². The quantitative estimate of drug-likeness (QED) is 0.863. The van der Waals surface area contributed by atoms with E-state index in [0.29, 0.717) is 31.6 Å². The van der Waals surface area contributed by atoms with Crippen LogP contribution >= 0.6 is 0 Å². The minimum absolute atomic E-state index is 0.122. The SMILES string of the molecule is O=C1Nc2c(OC(F)(F)F)cccc2C12CCOCC2. The molecule has 2 heterocycles. The van der Waals surface area contributed by atoms with Gasteiger partial charge in [-0.3, -0.25) is 4.79 Å². The molecule has 0 saturated carbocycles. The third-order valence-corrected chi connectivity index (χ3v) is 3.79. The summed E-state index contributed by atoms with van der Waals surface area (Å²) in [6.45, 7) is 0.828. The van der Waals surface area contributed by atoms with E-state index in [-0.39, 0.29) is 17.3 Å². The van der Waals surface area contributed by atoms with E-state index >= 15 is 0 Å². The summed E-state index contributed by atoms with van der Waals surface area (Å²) in [6.07, 6.45) is -3.87. The van der Waals surface area contributed by atoms with Crippen LogP contribution in [0.15, 0.2) is 18.2 Å². The number of para-hydroxylation sites is 1. The second-order valence-corrected chi connectivity index (χ2v) is 4.88. The second-order valence-electron chi connectivity index (χ2n) is 4.88. The molecule has 2 aliphatic rings. The monoisotopic (exact) mass is 287 g/mol. The Balaban J connectivity index is 2.04. The van der Waals surface area contributed by atoms with Gasteiger partial charge in [-0.2, -0.15) is 0 Å². The van der Waals surface area contributed by atoms with Crippen molar-refractivity contribution in [2.45, 2.75) is 24.6 Å². The number of benzene rings is 1. The maximum Gasteiger partial charge on any atom is 0.573 e. The molecule has 0 radical (unpaired) electrons. The van der Waals surface area contributed by atoms with Crippen molar-refractivity contribution in [3.05, 3.63) is 23.8 Å². The molecule has 3 rings (SSSR count). The first-order valence-electron chi connectivity index (χ1n) is 6.21. The summed E-state index contributed by atoms with van der Waals surface area (Å²) < 4.78 is 46.4. The number of fused-ring (bicyclic) bond motifs is 2. The van der Waals surface area contributed by atoms with Gasteiger partial charge in [-0.1, -0.05) is 12.1 Å². The van der Waals surface area contributed by atoms with Crippen molar-refractivity contribution in [3.8, 4) is 5.75 Å². The summed E-state index contributed by atoms with van der Waals surface area (Å²) in [6, 6.07) is 4.34. The van der Waals surface area contributed by atoms with Crippen molar-refractivity contribution in [2.75, 3.05) is 18.5 Å². The Hall–Kier alpha value is -1.76. The zero-order valence-corrected chi connectivity index (χ0v) is 10.4. The van der Waals surface area contributed by atoms with Gasteiger partial charge in [0.2, 0.25) is 5.91 Å². The number of anilines is 1. The number of carbonyl (C=O) groups is 1. The highest BCUT2D eigenvalue weighted by atomic mass is 19.4. The average Bonchev–Trinajstić information content (AvgIpc) is 2.64. The minimum atomic E-state index is -4.79. The topological polar surface area (TPSA) is 47.6 Å². The number of hydrogen-bond donors (Lipinski definition) is 1. The van der Waals surface area contributed by atoms with E-state index in [1.54, 1.807) is 6.07 Å². The third-order valence-electron chi connectivity index (χ3n) is 3.79. The Morgan fingerprint density at radius 1 is 1.25 bits per heavy atom. The number of alkyl halides is 3. The van der Waals surface area contributed by atoms with Crippen LogP contribution in [0.4, 0.5) is 18.9 Å². The van der Waals surface area contributed by atoms with Crippen molar-refractivity contribution in [2.24, 2.45) is 0 Å². The van der Waals surface area contributed by atoms with Crippen LogP contribution in [-0.2, 0) is 14.9 Å². The largest absolute Gasteiger partial charge is 0.573 e. The molecule has 1 fully saturated rings. The molecule has 0 bridgehead atoms. The molecule has 1 aromatic carbocycles. The molecule has 20 heavy (non-hydrogen) atoms. The van der Waals surface area contributed by atoms with E-state index < -0.39 is 11.8 Å². The average molecular weight is 287 g/mol. The fraction of sp³-hybridized carbons (Fsp3) is 0.462. The zero-order chi connectivity index (χ0) is 14.4. The van der Waals surface area contributed by atoms with Crippen LogP contribution < -0.4 is 10.1 Å². The van der Waals surface area contributed by atoms with Crippen LogP contribution in [-0.4, -0.2) is 25.5 Å². The fourth-order valence-corrected chi connectivity index (χ4v) is 2.84. The lowest BCUT2D eigenvalue weighted by Gasteiger charge is -2.31. The van der Waals surface area contributed by atoms with Crippen LogP contribution in [0, 0.1) is 0 Å². The summed E-state index contributed by atoms with van der Waals surface area (Å²) in [5.74, 6) is -0.652. The molecule has 0 aromatic heterocycles. The zero-order valence-electron chi connectivity index (χ0n) is 10.4. The number of amides is 1. The lowest BCUT2D eigenvalue weighted by atomic mass is 9.75. The van der Waals surface area contributed by atoms with Crippen molar-refractivity contribution >= 4 is 11.6 Å². The van der Waals surface area contributed by atoms with E-state index in [0.717, 1.165) is 0 Å². The molecule has 1 aromatic rings. The highest BCUT2D eigenvalue weighted by Gasteiger charge is 2.49. The van der Waals surface area contributed by atoms with Crippen molar-refractivity contribution in [1.29, 1.82) is 0 Å².